The van der Waals surface area contributed by atoms with E-state index in [0.717, 1.165) is 44.8 Å². The van der Waals surface area contributed by atoms with Crippen LogP contribution in [-0.2, 0) is 9.53 Å². The number of Topliss-reactive ketones (excluding diaryl/α,β-unsaturated/α-hetero) is 1. The van der Waals surface area contributed by atoms with Gasteiger partial charge in [-0.3, -0.25) is 9.69 Å². The molecule has 0 aromatic rings. The fourth-order valence-corrected chi connectivity index (χ4v) is 4.31. The fraction of sp³-hybridized carbons (Fsp3) is 0.944. The third-order valence-electron chi connectivity index (χ3n) is 4.99. The number of hydrogen-bond donors (Lipinski definition) is 0. The standard InChI is InChI=1S/C18H33NO2/c1-13(2)14-7-8-16(20)15(9-14)10-19-11-17(3,4)21-18(5,6)12-19/h13-15H,7-12H2,1-6H3. The molecule has 2 unspecified atom stereocenters. The Balaban J connectivity index is 2.00. The molecule has 0 aromatic carbocycles. The van der Waals surface area contributed by atoms with Crippen molar-refractivity contribution in [1.29, 1.82) is 0 Å². The molecule has 1 heterocycles. The van der Waals surface area contributed by atoms with Gasteiger partial charge in [0.15, 0.2) is 0 Å². The highest BCUT2D eigenvalue weighted by Gasteiger charge is 2.40. The van der Waals surface area contributed by atoms with Crippen molar-refractivity contribution in [3.63, 3.8) is 0 Å². The van der Waals surface area contributed by atoms with Crippen molar-refractivity contribution in [2.24, 2.45) is 17.8 Å². The van der Waals surface area contributed by atoms with Crippen LogP contribution in [-0.4, -0.2) is 41.5 Å². The Hall–Kier alpha value is -0.410. The number of carbonyl (C=O) groups is 1. The molecular weight excluding hydrogens is 262 g/mol. The van der Waals surface area contributed by atoms with Gasteiger partial charge in [0.25, 0.3) is 0 Å². The lowest BCUT2D eigenvalue weighted by atomic mass is 9.75. The summed E-state index contributed by atoms with van der Waals surface area (Å²) in [7, 11) is 0. The van der Waals surface area contributed by atoms with Crippen LogP contribution in [0.3, 0.4) is 0 Å². The quantitative estimate of drug-likeness (QED) is 0.798. The number of ether oxygens (including phenoxy) is 1. The Labute approximate surface area is 130 Å². The highest BCUT2D eigenvalue weighted by molar-refractivity contribution is 5.82. The molecule has 0 spiro atoms. The van der Waals surface area contributed by atoms with E-state index in [-0.39, 0.29) is 17.1 Å². The maximum Gasteiger partial charge on any atom is 0.137 e. The Kier molecular flexibility index (Phi) is 4.84. The molecule has 0 N–H and O–H groups in total. The average Bonchev–Trinajstić information content (AvgIpc) is 2.27. The molecule has 0 radical (unpaired) electrons. The number of carbonyl (C=O) groups excluding carboxylic acids is 1. The normalized spacial score (nSPS) is 33.4. The van der Waals surface area contributed by atoms with Crippen LogP contribution in [0, 0.1) is 17.8 Å². The average molecular weight is 295 g/mol. The largest absolute Gasteiger partial charge is 0.367 e. The van der Waals surface area contributed by atoms with Crippen LogP contribution in [0.25, 0.3) is 0 Å². The molecule has 1 saturated carbocycles. The number of rotatable bonds is 3. The third kappa shape index (κ3) is 4.53. The Morgan fingerprint density at radius 3 is 2.29 bits per heavy atom. The van der Waals surface area contributed by atoms with Crippen molar-refractivity contribution in [3.8, 4) is 0 Å². The first kappa shape index (κ1) is 17.0. The van der Waals surface area contributed by atoms with Crippen molar-refractivity contribution < 1.29 is 9.53 Å². The second kappa shape index (κ2) is 6.00. The van der Waals surface area contributed by atoms with Gasteiger partial charge in [0, 0.05) is 32.0 Å². The zero-order chi connectivity index (χ0) is 15.8. The first-order chi connectivity index (χ1) is 9.58. The third-order valence-corrected chi connectivity index (χ3v) is 4.99. The van der Waals surface area contributed by atoms with Crippen molar-refractivity contribution >= 4 is 5.78 Å². The van der Waals surface area contributed by atoms with E-state index in [4.69, 9.17) is 4.74 Å². The first-order valence-corrected chi connectivity index (χ1v) is 8.53. The lowest BCUT2D eigenvalue weighted by Crippen LogP contribution is -2.58. The van der Waals surface area contributed by atoms with E-state index in [2.05, 4.69) is 46.4 Å². The number of morpholine rings is 1. The minimum Gasteiger partial charge on any atom is -0.367 e. The predicted octanol–water partition coefficient (Wildman–Crippen LogP) is 3.52. The van der Waals surface area contributed by atoms with Gasteiger partial charge in [-0.25, -0.2) is 0 Å². The van der Waals surface area contributed by atoms with Crippen molar-refractivity contribution in [1.82, 2.24) is 4.90 Å². The molecule has 2 fully saturated rings. The minimum absolute atomic E-state index is 0.128. The molecule has 3 nitrogen and oxygen atoms in total. The summed E-state index contributed by atoms with van der Waals surface area (Å²) in [5.41, 5.74) is -0.256. The van der Waals surface area contributed by atoms with Gasteiger partial charge < -0.3 is 4.74 Å². The van der Waals surface area contributed by atoms with Crippen molar-refractivity contribution in [2.75, 3.05) is 19.6 Å². The summed E-state index contributed by atoms with van der Waals surface area (Å²) >= 11 is 0. The molecule has 122 valence electrons. The molecule has 21 heavy (non-hydrogen) atoms. The molecule has 2 atom stereocenters. The fourth-order valence-electron chi connectivity index (χ4n) is 4.31. The Morgan fingerprint density at radius 2 is 1.76 bits per heavy atom. The van der Waals surface area contributed by atoms with E-state index in [0.29, 0.717) is 11.7 Å². The maximum atomic E-state index is 12.3. The van der Waals surface area contributed by atoms with Crippen LogP contribution in [0.15, 0.2) is 0 Å². The van der Waals surface area contributed by atoms with Gasteiger partial charge in [0.2, 0.25) is 0 Å². The van der Waals surface area contributed by atoms with Crippen LogP contribution >= 0.6 is 0 Å². The predicted molar refractivity (Wildman–Crippen MR) is 86.4 cm³/mol. The summed E-state index contributed by atoms with van der Waals surface area (Å²) in [6.07, 6.45) is 2.95. The van der Waals surface area contributed by atoms with Crippen LogP contribution in [0.2, 0.25) is 0 Å². The van der Waals surface area contributed by atoms with E-state index in [9.17, 15) is 4.79 Å². The molecule has 1 aliphatic heterocycles. The van der Waals surface area contributed by atoms with Crippen LogP contribution < -0.4 is 0 Å². The van der Waals surface area contributed by atoms with Gasteiger partial charge in [-0.05, 0) is 52.4 Å². The number of ketones is 1. The van der Waals surface area contributed by atoms with Crippen molar-refractivity contribution in [2.45, 2.75) is 72.0 Å². The zero-order valence-corrected chi connectivity index (χ0v) is 14.7. The summed E-state index contributed by atoms with van der Waals surface area (Å²) in [4.78, 5) is 14.8. The van der Waals surface area contributed by atoms with Crippen molar-refractivity contribution in [3.05, 3.63) is 0 Å². The van der Waals surface area contributed by atoms with Crippen LogP contribution in [0.1, 0.15) is 60.8 Å². The smallest absolute Gasteiger partial charge is 0.137 e. The van der Waals surface area contributed by atoms with E-state index in [1.807, 2.05) is 0 Å². The van der Waals surface area contributed by atoms with E-state index in [1.165, 1.54) is 0 Å². The lowest BCUT2D eigenvalue weighted by molar-refractivity contribution is -0.183. The summed E-state index contributed by atoms with van der Waals surface area (Å²) < 4.78 is 6.14. The van der Waals surface area contributed by atoms with Gasteiger partial charge in [0.05, 0.1) is 11.2 Å². The molecular formula is C18H33NO2. The van der Waals surface area contributed by atoms with Crippen LogP contribution in [0.5, 0.6) is 0 Å². The number of nitrogens with zero attached hydrogens (tertiary/aromatic N) is 1. The zero-order valence-electron chi connectivity index (χ0n) is 14.7. The molecule has 2 aliphatic rings. The summed E-state index contributed by atoms with van der Waals surface area (Å²) in [5.74, 6) is 2.12. The van der Waals surface area contributed by atoms with E-state index >= 15 is 0 Å². The highest BCUT2D eigenvalue weighted by atomic mass is 16.5. The van der Waals surface area contributed by atoms with E-state index in [1.54, 1.807) is 0 Å². The monoisotopic (exact) mass is 295 g/mol. The summed E-state index contributed by atoms with van der Waals surface area (Å²) in [5, 5.41) is 0. The van der Waals surface area contributed by atoms with Gasteiger partial charge in [-0.15, -0.1) is 0 Å². The molecule has 1 saturated heterocycles. The highest BCUT2D eigenvalue weighted by Crippen LogP contribution is 2.34. The van der Waals surface area contributed by atoms with E-state index < -0.39 is 0 Å². The summed E-state index contributed by atoms with van der Waals surface area (Å²) in [6, 6.07) is 0. The maximum absolute atomic E-state index is 12.3. The molecule has 0 amide bonds. The second-order valence-electron chi connectivity index (χ2n) is 8.73. The van der Waals surface area contributed by atoms with Gasteiger partial charge >= 0.3 is 0 Å². The van der Waals surface area contributed by atoms with Crippen LogP contribution in [0.4, 0.5) is 0 Å². The second-order valence-corrected chi connectivity index (χ2v) is 8.73. The number of hydrogen-bond acceptors (Lipinski definition) is 3. The Bertz CT molecular complexity index is 371. The molecule has 0 bridgehead atoms. The first-order valence-electron chi connectivity index (χ1n) is 8.53. The minimum atomic E-state index is -0.128. The SMILES string of the molecule is CC(C)C1CCC(=O)C(CN2CC(C)(C)OC(C)(C)C2)C1. The topological polar surface area (TPSA) is 29.5 Å². The van der Waals surface area contributed by atoms with Gasteiger partial charge in [0.1, 0.15) is 5.78 Å². The molecule has 3 heteroatoms. The summed E-state index contributed by atoms with van der Waals surface area (Å²) in [6.45, 7) is 16.0. The molecule has 1 aliphatic carbocycles. The molecule has 2 rings (SSSR count). The lowest BCUT2D eigenvalue weighted by Gasteiger charge is -2.48. The molecule has 0 aromatic heterocycles. The van der Waals surface area contributed by atoms with Gasteiger partial charge in [-0.2, -0.15) is 0 Å². The van der Waals surface area contributed by atoms with Gasteiger partial charge in [-0.1, -0.05) is 13.8 Å². The Morgan fingerprint density at radius 1 is 1.19 bits per heavy atom.